The zero-order valence-electron chi connectivity index (χ0n) is 13.5. The average molecular weight is 436 g/mol. The van der Waals surface area contributed by atoms with Gasteiger partial charge in [0.05, 0.1) is 13.2 Å². The summed E-state index contributed by atoms with van der Waals surface area (Å²) in [5.41, 5.74) is 6.03. The van der Waals surface area contributed by atoms with Gasteiger partial charge in [-0.25, -0.2) is 4.99 Å². The second-order valence-electron chi connectivity index (χ2n) is 4.52. The summed E-state index contributed by atoms with van der Waals surface area (Å²) in [4.78, 5) is 15.2. The first kappa shape index (κ1) is 21.4. The summed E-state index contributed by atoms with van der Waals surface area (Å²) >= 11 is 0. The number of halogens is 1. The SMILES string of the molecule is CCNC(=NCc1cccc(OCC(N)=O)c1)NCCOC.I. The highest BCUT2D eigenvalue weighted by molar-refractivity contribution is 14.0. The zero-order chi connectivity index (χ0) is 16.2. The second kappa shape index (κ2) is 12.9. The molecule has 1 aromatic carbocycles. The Morgan fingerprint density at radius 3 is 2.78 bits per heavy atom. The molecular formula is C15H25IN4O3. The van der Waals surface area contributed by atoms with Crippen molar-refractivity contribution in [2.75, 3.05) is 33.4 Å². The molecule has 0 saturated heterocycles. The number of benzene rings is 1. The number of carbonyl (C=O) groups excluding carboxylic acids is 1. The van der Waals surface area contributed by atoms with Gasteiger partial charge in [0.25, 0.3) is 5.91 Å². The molecule has 0 radical (unpaired) electrons. The van der Waals surface area contributed by atoms with Gasteiger partial charge in [-0.1, -0.05) is 12.1 Å². The van der Waals surface area contributed by atoms with Crippen LogP contribution in [0.2, 0.25) is 0 Å². The maximum absolute atomic E-state index is 10.7. The molecule has 0 aliphatic rings. The predicted molar refractivity (Wildman–Crippen MR) is 101 cm³/mol. The number of carbonyl (C=O) groups is 1. The van der Waals surface area contributed by atoms with Crippen molar-refractivity contribution in [3.05, 3.63) is 29.8 Å². The fourth-order valence-electron chi connectivity index (χ4n) is 1.67. The van der Waals surface area contributed by atoms with E-state index in [-0.39, 0.29) is 30.6 Å². The number of nitrogens with one attached hydrogen (secondary N) is 2. The normalized spacial score (nSPS) is 10.6. The van der Waals surface area contributed by atoms with Gasteiger partial charge in [-0.3, -0.25) is 4.79 Å². The van der Waals surface area contributed by atoms with E-state index >= 15 is 0 Å². The third kappa shape index (κ3) is 9.95. The number of aliphatic imine (C=N–C) groups is 1. The molecule has 23 heavy (non-hydrogen) atoms. The molecule has 0 unspecified atom stereocenters. The first-order chi connectivity index (χ1) is 10.7. The number of ether oxygens (including phenoxy) is 2. The Hall–Kier alpha value is -1.55. The molecule has 0 saturated carbocycles. The Labute approximate surface area is 154 Å². The molecule has 0 atom stereocenters. The van der Waals surface area contributed by atoms with E-state index < -0.39 is 5.91 Å². The summed E-state index contributed by atoms with van der Waals surface area (Å²) in [6.45, 7) is 4.45. The van der Waals surface area contributed by atoms with Crippen LogP contribution in [0.3, 0.4) is 0 Å². The fraction of sp³-hybridized carbons (Fsp3) is 0.467. The minimum absolute atomic E-state index is 0. The summed E-state index contributed by atoms with van der Waals surface area (Å²) in [7, 11) is 1.66. The maximum Gasteiger partial charge on any atom is 0.255 e. The van der Waals surface area contributed by atoms with Crippen molar-refractivity contribution in [3.63, 3.8) is 0 Å². The van der Waals surface area contributed by atoms with E-state index in [9.17, 15) is 4.79 Å². The molecule has 7 nitrogen and oxygen atoms in total. The summed E-state index contributed by atoms with van der Waals surface area (Å²) in [6.07, 6.45) is 0. The van der Waals surface area contributed by atoms with Crippen LogP contribution in [0.15, 0.2) is 29.3 Å². The van der Waals surface area contributed by atoms with Crippen LogP contribution < -0.4 is 21.1 Å². The van der Waals surface area contributed by atoms with Crippen LogP contribution in [0.25, 0.3) is 0 Å². The smallest absolute Gasteiger partial charge is 0.255 e. The van der Waals surface area contributed by atoms with Crippen LogP contribution >= 0.6 is 24.0 Å². The van der Waals surface area contributed by atoms with E-state index in [1.54, 1.807) is 13.2 Å². The average Bonchev–Trinajstić information content (AvgIpc) is 2.51. The van der Waals surface area contributed by atoms with Crippen LogP contribution in [-0.4, -0.2) is 45.3 Å². The van der Waals surface area contributed by atoms with E-state index in [1.807, 2.05) is 25.1 Å². The molecule has 0 aliphatic heterocycles. The molecule has 1 amide bonds. The Bertz CT molecular complexity index is 497. The van der Waals surface area contributed by atoms with Gasteiger partial charge in [0.1, 0.15) is 5.75 Å². The lowest BCUT2D eigenvalue weighted by atomic mass is 10.2. The lowest BCUT2D eigenvalue weighted by molar-refractivity contribution is -0.119. The van der Waals surface area contributed by atoms with E-state index in [0.717, 1.165) is 18.1 Å². The molecule has 0 aliphatic carbocycles. The van der Waals surface area contributed by atoms with Gasteiger partial charge >= 0.3 is 0 Å². The topological polar surface area (TPSA) is 98.0 Å². The van der Waals surface area contributed by atoms with Crippen molar-refractivity contribution in [2.24, 2.45) is 10.7 Å². The fourth-order valence-corrected chi connectivity index (χ4v) is 1.67. The molecule has 8 heteroatoms. The second-order valence-corrected chi connectivity index (χ2v) is 4.52. The number of nitrogens with zero attached hydrogens (tertiary/aromatic N) is 1. The van der Waals surface area contributed by atoms with Crippen LogP contribution in [0.4, 0.5) is 0 Å². The summed E-state index contributed by atoms with van der Waals surface area (Å²) < 4.78 is 10.3. The van der Waals surface area contributed by atoms with Crippen molar-refractivity contribution < 1.29 is 14.3 Å². The van der Waals surface area contributed by atoms with E-state index in [2.05, 4.69) is 15.6 Å². The highest BCUT2D eigenvalue weighted by atomic mass is 127. The molecule has 1 aromatic rings. The largest absolute Gasteiger partial charge is 0.484 e. The van der Waals surface area contributed by atoms with Crippen molar-refractivity contribution >= 4 is 35.8 Å². The van der Waals surface area contributed by atoms with Crippen molar-refractivity contribution in [1.29, 1.82) is 0 Å². The monoisotopic (exact) mass is 436 g/mol. The lowest BCUT2D eigenvalue weighted by Crippen LogP contribution is -2.38. The molecular weight excluding hydrogens is 411 g/mol. The number of nitrogens with two attached hydrogens (primary N) is 1. The highest BCUT2D eigenvalue weighted by Crippen LogP contribution is 2.13. The number of primary amides is 1. The first-order valence-corrected chi connectivity index (χ1v) is 7.17. The Kier molecular flexibility index (Phi) is 12.1. The Balaban J connectivity index is 0.00000484. The lowest BCUT2D eigenvalue weighted by Gasteiger charge is -2.11. The third-order valence-corrected chi connectivity index (χ3v) is 2.64. The molecule has 0 spiro atoms. The number of hydrogen-bond donors (Lipinski definition) is 3. The zero-order valence-corrected chi connectivity index (χ0v) is 15.8. The van der Waals surface area contributed by atoms with Gasteiger partial charge in [-0.15, -0.1) is 24.0 Å². The standard InChI is InChI=1S/C15H24N4O3.HI/c1-3-17-15(18-7-8-21-2)19-10-12-5-4-6-13(9-12)22-11-14(16)20;/h4-6,9H,3,7-8,10-11H2,1-2H3,(H2,16,20)(H2,17,18,19);1H. The maximum atomic E-state index is 10.7. The summed E-state index contributed by atoms with van der Waals surface area (Å²) in [6, 6.07) is 7.41. The first-order valence-electron chi connectivity index (χ1n) is 7.17. The number of hydrogen-bond acceptors (Lipinski definition) is 4. The van der Waals surface area contributed by atoms with Gasteiger partial charge in [0.2, 0.25) is 0 Å². The van der Waals surface area contributed by atoms with Gasteiger partial charge in [-0.05, 0) is 24.6 Å². The van der Waals surface area contributed by atoms with E-state index in [0.29, 0.717) is 25.4 Å². The number of guanidine groups is 1. The molecule has 130 valence electrons. The summed E-state index contributed by atoms with van der Waals surface area (Å²) in [5.74, 6) is 0.826. The number of amides is 1. The molecule has 4 N–H and O–H groups in total. The number of methoxy groups -OCH3 is 1. The minimum Gasteiger partial charge on any atom is -0.484 e. The van der Waals surface area contributed by atoms with Crippen LogP contribution in [0.5, 0.6) is 5.75 Å². The van der Waals surface area contributed by atoms with Gasteiger partial charge in [0.15, 0.2) is 12.6 Å². The van der Waals surface area contributed by atoms with E-state index in [4.69, 9.17) is 15.2 Å². The van der Waals surface area contributed by atoms with Crippen LogP contribution in [0.1, 0.15) is 12.5 Å². The predicted octanol–water partition coefficient (Wildman–Crippen LogP) is 0.870. The van der Waals surface area contributed by atoms with Crippen molar-refractivity contribution in [1.82, 2.24) is 10.6 Å². The third-order valence-electron chi connectivity index (χ3n) is 2.64. The Morgan fingerprint density at radius 1 is 1.35 bits per heavy atom. The molecule has 1 rings (SSSR count). The molecule has 0 aromatic heterocycles. The van der Waals surface area contributed by atoms with E-state index in [1.165, 1.54) is 0 Å². The molecule has 0 heterocycles. The van der Waals surface area contributed by atoms with Crippen LogP contribution in [0, 0.1) is 0 Å². The molecule has 0 bridgehead atoms. The Morgan fingerprint density at radius 2 is 2.13 bits per heavy atom. The van der Waals surface area contributed by atoms with Gasteiger partial charge in [-0.2, -0.15) is 0 Å². The molecule has 0 fully saturated rings. The van der Waals surface area contributed by atoms with Crippen molar-refractivity contribution in [3.8, 4) is 5.75 Å². The van der Waals surface area contributed by atoms with Crippen LogP contribution in [-0.2, 0) is 16.1 Å². The van der Waals surface area contributed by atoms with Crippen molar-refractivity contribution in [2.45, 2.75) is 13.5 Å². The minimum atomic E-state index is -0.500. The number of rotatable bonds is 9. The highest BCUT2D eigenvalue weighted by Gasteiger charge is 2.01. The van der Waals surface area contributed by atoms with Gasteiger partial charge < -0.3 is 25.8 Å². The van der Waals surface area contributed by atoms with Gasteiger partial charge in [0, 0.05) is 20.2 Å². The summed E-state index contributed by atoms with van der Waals surface area (Å²) in [5, 5.41) is 6.33. The quantitative estimate of drug-likeness (QED) is 0.231.